The Hall–Kier alpha value is -1.33. The van der Waals surface area contributed by atoms with Crippen molar-refractivity contribution in [1.82, 2.24) is 0 Å². The van der Waals surface area contributed by atoms with Crippen LogP contribution in [0.15, 0.2) is 23.8 Å². The summed E-state index contributed by atoms with van der Waals surface area (Å²) in [7, 11) is 0. The van der Waals surface area contributed by atoms with Crippen molar-refractivity contribution in [3.63, 3.8) is 0 Å². The molecule has 2 N–H and O–H groups in total. The molecule has 3 fully saturated rings. The van der Waals surface area contributed by atoms with Crippen molar-refractivity contribution in [2.75, 3.05) is 0 Å². The highest BCUT2D eigenvalue weighted by Gasteiger charge is 2.74. The van der Waals surface area contributed by atoms with Crippen LogP contribution in [0.2, 0.25) is 0 Å². The predicted octanol–water partition coefficient (Wildman–Crippen LogP) is 2.92. The van der Waals surface area contributed by atoms with Gasteiger partial charge in [0.2, 0.25) is 0 Å². The fourth-order valence-corrected chi connectivity index (χ4v) is 7.18. The number of alkyl halides is 1. The summed E-state index contributed by atoms with van der Waals surface area (Å²) >= 11 is 0. The summed E-state index contributed by atoms with van der Waals surface area (Å²) in [5.74, 6) is -1.11. The molecule has 0 aliphatic heterocycles. The van der Waals surface area contributed by atoms with Crippen LogP contribution in [-0.4, -0.2) is 39.2 Å². The molecule has 0 amide bonds. The van der Waals surface area contributed by atoms with E-state index in [4.69, 9.17) is 0 Å². The minimum absolute atomic E-state index is 0.00153. The lowest BCUT2D eigenvalue weighted by molar-refractivity contribution is -0.219. The van der Waals surface area contributed by atoms with Gasteiger partial charge >= 0.3 is 0 Å². The summed E-state index contributed by atoms with van der Waals surface area (Å²) in [6.07, 6.45) is 4.68. The minimum Gasteiger partial charge on any atom is -0.390 e. The smallest absolute Gasteiger partial charge is 0.178 e. The van der Waals surface area contributed by atoms with Crippen LogP contribution in [0.5, 0.6) is 0 Å². The molecule has 0 saturated heterocycles. The van der Waals surface area contributed by atoms with Gasteiger partial charge in [-0.3, -0.25) is 9.59 Å². The van der Waals surface area contributed by atoms with Crippen LogP contribution < -0.4 is 0 Å². The summed E-state index contributed by atoms with van der Waals surface area (Å²) in [6.45, 7) is 7.01. The first-order chi connectivity index (χ1) is 12.4. The number of aliphatic hydroxyl groups is 2. The highest BCUT2D eigenvalue weighted by Crippen LogP contribution is 2.70. The van der Waals surface area contributed by atoms with Gasteiger partial charge in [-0.25, -0.2) is 4.39 Å². The molecule has 0 radical (unpaired) electrons. The zero-order chi connectivity index (χ0) is 20.0. The molecule has 4 rings (SSSR count). The van der Waals surface area contributed by atoms with E-state index >= 15 is 4.39 Å². The Balaban J connectivity index is 1.86. The van der Waals surface area contributed by atoms with Crippen molar-refractivity contribution >= 4 is 11.6 Å². The van der Waals surface area contributed by atoms with Crippen LogP contribution in [0.3, 0.4) is 0 Å². The van der Waals surface area contributed by atoms with Gasteiger partial charge in [-0.2, -0.15) is 0 Å². The SMILES string of the molecule is CC(=O)[C@]1(O)CC[C@@H]2[C@H]3C[C@H](C)C4=CC(=O)C=C[C@]4(C)[C@]3(F)[C@H](O)C[C@@]21C. The summed E-state index contributed by atoms with van der Waals surface area (Å²) in [6, 6.07) is 0. The van der Waals surface area contributed by atoms with Crippen molar-refractivity contribution in [2.45, 2.75) is 70.8 Å². The highest BCUT2D eigenvalue weighted by molar-refractivity contribution is 6.01. The number of allylic oxidation sites excluding steroid dienone is 4. The zero-order valence-electron chi connectivity index (χ0n) is 16.5. The number of halogens is 1. The van der Waals surface area contributed by atoms with Gasteiger partial charge in [0.15, 0.2) is 17.2 Å². The van der Waals surface area contributed by atoms with E-state index in [9.17, 15) is 19.8 Å². The van der Waals surface area contributed by atoms with Gasteiger partial charge in [0.25, 0.3) is 0 Å². The molecule has 3 saturated carbocycles. The lowest BCUT2D eigenvalue weighted by Crippen LogP contribution is -2.69. The average molecular weight is 376 g/mol. The molecule has 0 bridgehead atoms. The Kier molecular flexibility index (Phi) is 3.79. The van der Waals surface area contributed by atoms with Gasteiger partial charge in [-0.05, 0) is 63.5 Å². The van der Waals surface area contributed by atoms with Crippen molar-refractivity contribution in [1.29, 1.82) is 0 Å². The molecule has 27 heavy (non-hydrogen) atoms. The van der Waals surface area contributed by atoms with E-state index < -0.39 is 34.1 Å². The van der Waals surface area contributed by atoms with Gasteiger partial charge in [0, 0.05) is 16.7 Å². The topological polar surface area (TPSA) is 74.6 Å². The van der Waals surface area contributed by atoms with Gasteiger partial charge in [0.1, 0.15) is 5.60 Å². The molecule has 5 heteroatoms. The van der Waals surface area contributed by atoms with Gasteiger partial charge in [-0.1, -0.05) is 25.5 Å². The third kappa shape index (κ3) is 2.00. The number of carbonyl (C=O) groups is 2. The third-order valence-corrected chi connectivity index (χ3v) is 8.70. The summed E-state index contributed by atoms with van der Waals surface area (Å²) < 4.78 is 16.9. The molecule has 0 unspecified atom stereocenters. The number of Topliss-reactive ketones (excluding diaryl/α,β-unsaturated/α-hetero) is 1. The largest absolute Gasteiger partial charge is 0.390 e. The maximum atomic E-state index is 16.9. The molecule has 4 aliphatic carbocycles. The molecule has 4 aliphatic rings. The zero-order valence-corrected chi connectivity index (χ0v) is 16.5. The second-order valence-electron chi connectivity index (χ2n) is 9.75. The van der Waals surface area contributed by atoms with E-state index in [0.29, 0.717) is 19.3 Å². The first-order valence-electron chi connectivity index (χ1n) is 9.97. The van der Waals surface area contributed by atoms with E-state index in [2.05, 4.69) is 0 Å². The molecule has 148 valence electrons. The number of hydrogen-bond acceptors (Lipinski definition) is 4. The molecular weight excluding hydrogens is 347 g/mol. The number of ketones is 2. The number of aliphatic hydroxyl groups excluding tert-OH is 1. The molecule has 4 nitrogen and oxygen atoms in total. The normalized spacial score (nSPS) is 54.0. The predicted molar refractivity (Wildman–Crippen MR) is 98.5 cm³/mol. The van der Waals surface area contributed by atoms with E-state index in [1.807, 2.05) is 13.8 Å². The standard InChI is InChI=1S/C22H29FO4/c1-12-9-17-15-6-8-21(27,13(2)24)20(15,4)11-18(26)22(17,23)19(3)7-5-14(25)10-16(12)19/h5,7,10,12,15,17-18,26-27H,6,8-9,11H2,1-4H3/t12-,15+,17+,18+,19-,20-,21+,22+/m0/s1. The van der Waals surface area contributed by atoms with Crippen molar-refractivity contribution in [2.24, 2.45) is 28.6 Å². The van der Waals surface area contributed by atoms with Crippen molar-refractivity contribution < 1.29 is 24.2 Å². The third-order valence-electron chi connectivity index (χ3n) is 8.70. The maximum absolute atomic E-state index is 16.9. The number of hydrogen-bond donors (Lipinski definition) is 2. The molecule has 0 aromatic rings. The van der Waals surface area contributed by atoms with Gasteiger partial charge in [0.05, 0.1) is 6.10 Å². The first kappa shape index (κ1) is 19.0. The summed E-state index contributed by atoms with van der Waals surface area (Å²) in [4.78, 5) is 24.2. The van der Waals surface area contributed by atoms with Crippen LogP contribution in [0.4, 0.5) is 4.39 Å². The summed E-state index contributed by atoms with van der Waals surface area (Å²) in [5.41, 5.74) is -4.59. The molecule has 0 aromatic heterocycles. The van der Waals surface area contributed by atoms with E-state index in [0.717, 1.165) is 5.57 Å². The van der Waals surface area contributed by atoms with Crippen LogP contribution in [0.1, 0.15) is 53.4 Å². The second kappa shape index (κ2) is 5.38. The fourth-order valence-electron chi connectivity index (χ4n) is 7.18. The van der Waals surface area contributed by atoms with Crippen LogP contribution >= 0.6 is 0 Å². The Morgan fingerprint density at radius 3 is 2.59 bits per heavy atom. The molecule has 0 aromatic carbocycles. The Morgan fingerprint density at radius 1 is 1.30 bits per heavy atom. The van der Waals surface area contributed by atoms with Crippen LogP contribution in [0, 0.1) is 28.6 Å². The second-order valence-corrected chi connectivity index (χ2v) is 9.75. The van der Waals surface area contributed by atoms with Gasteiger partial charge in [-0.15, -0.1) is 0 Å². The maximum Gasteiger partial charge on any atom is 0.178 e. The molecular formula is C22H29FO4. The van der Waals surface area contributed by atoms with E-state index in [-0.39, 0.29) is 29.8 Å². The number of carbonyl (C=O) groups excluding carboxylic acids is 2. The minimum atomic E-state index is -1.92. The van der Waals surface area contributed by atoms with Crippen LogP contribution in [0.25, 0.3) is 0 Å². The Morgan fingerprint density at radius 2 is 1.96 bits per heavy atom. The van der Waals surface area contributed by atoms with Gasteiger partial charge < -0.3 is 10.2 Å². The van der Waals surface area contributed by atoms with Crippen LogP contribution in [-0.2, 0) is 9.59 Å². The number of rotatable bonds is 1. The quantitative estimate of drug-likeness (QED) is 0.738. The summed E-state index contributed by atoms with van der Waals surface area (Å²) in [5, 5.41) is 22.3. The highest BCUT2D eigenvalue weighted by atomic mass is 19.1. The van der Waals surface area contributed by atoms with E-state index in [1.165, 1.54) is 19.1 Å². The monoisotopic (exact) mass is 376 g/mol. The van der Waals surface area contributed by atoms with Crippen molar-refractivity contribution in [3.05, 3.63) is 23.8 Å². The molecule has 0 spiro atoms. The average Bonchev–Trinajstić information content (AvgIpc) is 2.85. The fraction of sp³-hybridized carbons (Fsp3) is 0.727. The van der Waals surface area contributed by atoms with E-state index in [1.54, 1.807) is 13.0 Å². The lowest BCUT2D eigenvalue weighted by Gasteiger charge is -2.63. The first-order valence-corrected chi connectivity index (χ1v) is 9.97. The Labute approximate surface area is 159 Å². The Bertz CT molecular complexity index is 787. The number of fused-ring (bicyclic) bond motifs is 5. The molecule has 0 heterocycles. The lowest BCUT2D eigenvalue weighted by atomic mass is 9.43. The van der Waals surface area contributed by atoms with Crippen molar-refractivity contribution in [3.8, 4) is 0 Å². The molecule has 8 atom stereocenters.